The van der Waals surface area contributed by atoms with E-state index in [2.05, 4.69) is 34.7 Å². The molecule has 3 heteroatoms. The van der Waals surface area contributed by atoms with Crippen molar-refractivity contribution < 1.29 is 5.11 Å². The maximum atomic E-state index is 10.1. The zero-order valence-corrected chi connectivity index (χ0v) is 12.5. The Hall–Kier alpha value is 0.400. The normalized spacial score (nSPS) is 28.3. The smallest absolute Gasteiger partial charge is 0.0746 e. The highest BCUT2D eigenvalue weighted by molar-refractivity contribution is 9.09. The van der Waals surface area contributed by atoms with Gasteiger partial charge < -0.3 is 5.11 Å². The predicted octanol–water partition coefficient (Wildman–Crippen LogP) is 3.03. The van der Waals surface area contributed by atoms with Crippen LogP contribution in [0.4, 0.5) is 0 Å². The van der Waals surface area contributed by atoms with Crippen molar-refractivity contribution in [3.05, 3.63) is 0 Å². The van der Waals surface area contributed by atoms with Gasteiger partial charge >= 0.3 is 0 Å². The van der Waals surface area contributed by atoms with E-state index in [-0.39, 0.29) is 0 Å². The molecule has 1 N–H and O–H groups in total. The first-order valence-corrected chi connectivity index (χ1v) is 7.60. The van der Waals surface area contributed by atoms with Crippen LogP contribution < -0.4 is 0 Å². The first kappa shape index (κ1) is 14.5. The third-order valence-corrected chi connectivity index (χ3v) is 5.29. The van der Waals surface area contributed by atoms with Gasteiger partial charge in [0.25, 0.3) is 0 Å². The molecule has 0 aromatic rings. The molecule has 0 bridgehead atoms. The van der Waals surface area contributed by atoms with Crippen molar-refractivity contribution in [2.45, 2.75) is 52.1 Å². The molecule has 16 heavy (non-hydrogen) atoms. The zero-order valence-electron chi connectivity index (χ0n) is 10.9. The van der Waals surface area contributed by atoms with Crippen LogP contribution in [0.15, 0.2) is 0 Å². The fraction of sp³-hybridized carbons (Fsp3) is 1.00. The van der Waals surface area contributed by atoms with Crippen LogP contribution in [-0.2, 0) is 0 Å². The molecule has 2 nitrogen and oxygen atoms in total. The first-order chi connectivity index (χ1) is 7.47. The van der Waals surface area contributed by atoms with Gasteiger partial charge in [0.15, 0.2) is 0 Å². The van der Waals surface area contributed by atoms with Crippen LogP contribution in [0.5, 0.6) is 0 Å². The van der Waals surface area contributed by atoms with Crippen molar-refractivity contribution in [1.82, 2.24) is 4.90 Å². The molecule has 0 aromatic heterocycles. The third kappa shape index (κ3) is 3.71. The number of hydrogen-bond acceptors (Lipinski definition) is 2. The lowest BCUT2D eigenvalue weighted by Crippen LogP contribution is -2.50. The van der Waals surface area contributed by atoms with Gasteiger partial charge in [-0.05, 0) is 44.6 Å². The Kier molecular flexibility index (Phi) is 5.27. The summed E-state index contributed by atoms with van der Waals surface area (Å²) in [5.41, 5.74) is -0.0921. The van der Waals surface area contributed by atoms with E-state index in [0.717, 1.165) is 37.8 Å². The standard InChI is InChI=1S/C13H26BrNO/c1-4-13(5-2,9-14)11-15-8-6-7-12(3,16)10-15/h16H,4-11H2,1-3H3. The van der Waals surface area contributed by atoms with E-state index in [4.69, 9.17) is 0 Å². The summed E-state index contributed by atoms with van der Waals surface area (Å²) in [5.74, 6) is 0. The number of piperidine rings is 1. The van der Waals surface area contributed by atoms with Gasteiger partial charge in [0.05, 0.1) is 5.60 Å². The maximum absolute atomic E-state index is 10.1. The number of aliphatic hydroxyl groups is 1. The Morgan fingerprint density at radius 3 is 2.44 bits per heavy atom. The van der Waals surface area contributed by atoms with Crippen LogP contribution in [0.1, 0.15) is 46.5 Å². The summed E-state index contributed by atoms with van der Waals surface area (Å²) in [6.45, 7) is 9.60. The molecule has 1 heterocycles. The Labute approximate surface area is 109 Å². The molecule has 0 amide bonds. The van der Waals surface area contributed by atoms with E-state index in [9.17, 15) is 5.11 Å². The lowest BCUT2D eigenvalue weighted by Gasteiger charge is -2.42. The summed E-state index contributed by atoms with van der Waals surface area (Å²) in [6.07, 6.45) is 4.47. The van der Waals surface area contributed by atoms with Gasteiger partial charge in [-0.25, -0.2) is 0 Å². The van der Waals surface area contributed by atoms with Gasteiger partial charge in [-0.3, -0.25) is 4.90 Å². The van der Waals surface area contributed by atoms with Crippen LogP contribution in [0.25, 0.3) is 0 Å². The molecule has 1 aliphatic rings. The topological polar surface area (TPSA) is 23.5 Å². The summed E-state index contributed by atoms with van der Waals surface area (Å²) in [5, 5.41) is 11.2. The molecular formula is C13H26BrNO. The molecule has 0 spiro atoms. The van der Waals surface area contributed by atoms with Gasteiger partial charge in [0, 0.05) is 18.4 Å². The molecule has 1 saturated heterocycles. The van der Waals surface area contributed by atoms with E-state index in [1.54, 1.807) is 0 Å². The van der Waals surface area contributed by atoms with Crippen LogP contribution in [0.2, 0.25) is 0 Å². The largest absolute Gasteiger partial charge is 0.389 e. The number of β-amino-alcohol motifs (C(OH)–C–C–N with tert-alkyl or cyclic N) is 1. The Balaban J connectivity index is 2.58. The Bertz CT molecular complexity index is 206. The van der Waals surface area contributed by atoms with Crippen molar-refractivity contribution in [1.29, 1.82) is 0 Å². The van der Waals surface area contributed by atoms with Gasteiger partial charge in [0.2, 0.25) is 0 Å². The van der Waals surface area contributed by atoms with E-state index in [0.29, 0.717) is 5.41 Å². The molecule has 1 atom stereocenters. The van der Waals surface area contributed by atoms with Crippen molar-refractivity contribution in [3.63, 3.8) is 0 Å². The highest BCUT2D eigenvalue weighted by atomic mass is 79.9. The first-order valence-electron chi connectivity index (χ1n) is 6.48. The second kappa shape index (κ2) is 5.83. The molecule has 1 fully saturated rings. The van der Waals surface area contributed by atoms with E-state index in [1.807, 2.05) is 6.92 Å². The average molecular weight is 292 g/mol. The Morgan fingerprint density at radius 2 is 2.00 bits per heavy atom. The maximum Gasteiger partial charge on any atom is 0.0746 e. The molecule has 1 aliphatic heterocycles. The summed E-state index contributed by atoms with van der Waals surface area (Å²) in [6, 6.07) is 0. The van der Waals surface area contributed by atoms with Gasteiger partial charge in [0.1, 0.15) is 0 Å². The van der Waals surface area contributed by atoms with E-state index in [1.165, 1.54) is 12.8 Å². The Morgan fingerprint density at radius 1 is 1.38 bits per heavy atom. The van der Waals surface area contributed by atoms with Crippen molar-refractivity contribution in [2.75, 3.05) is 25.0 Å². The van der Waals surface area contributed by atoms with Gasteiger partial charge in [-0.1, -0.05) is 29.8 Å². The number of hydrogen-bond donors (Lipinski definition) is 1. The lowest BCUT2D eigenvalue weighted by molar-refractivity contribution is -0.0272. The second-order valence-electron chi connectivity index (χ2n) is 5.65. The van der Waals surface area contributed by atoms with Crippen LogP contribution in [-0.4, -0.2) is 40.6 Å². The monoisotopic (exact) mass is 291 g/mol. The number of rotatable bonds is 5. The molecule has 1 unspecified atom stereocenters. The zero-order chi connectivity index (χ0) is 12.2. The molecule has 96 valence electrons. The van der Waals surface area contributed by atoms with Crippen LogP contribution >= 0.6 is 15.9 Å². The molecule has 0 saturated carbocycles. The summed E-state index contributed by atoms with van der Waals surface area (Å²) >= 11 is 3.66. The highest BCUT2D eigenvalue weighted by Gasteiger charge is 2.33. The number of halogens is 1. The highest BCUT2D eigenvalue weighted by Crippen LogP contribution is 2.32. The third-order valence-electron chi connectivity index (χ3n) is 4.10. The van der Waals surface area contributed by atoms with Crippen molar-refractivity contribution >= 4 is 15.9 Å². The number of alkyl halides is 1. The fourth-order valence-electron chi connectivity index (χ4n) is 2.64. The van der Waals surface area contributed by atoms with Crippen molar-refractivity contribution in [2.24, 2.45) is 5.41 Å². The van der Waals surface area contributed by atoms with Crippen LogP contribution in [0.3, 0.4) is 0 Å². The average Bonchev–Trinajstić information content (AvgIpc) is 2.25. The van der Waals surface area contributed by atoms with Crippen LogP contribution in [0, 0.1) is 5.41 Å². The number of nitrogens with zero attached hydrogens (tertiary/aromatic N) is 1. The summed E-state index contributed by atoms with van der Waals surface area (Å²) < 4.78 is 0. The van der Waals surface area contributed by atoms with E-state index < -0.39 is 5.60 Å². The summed E-state index contributed by atoms with van der Waals surface area (Å²) in [4.78, 5) is 2.44. The lowest BCUT2D eigenvalue weighted by atomic mass is 9.83. The molecule has 0 aromatic carbocycles. The predicted molar refractivity (Wildman–Crippen MR) is 73.1 cm³/mol. The quantitative estimate of drug-likeness (QED) is 0.787. The fourth-order valence-corrected chi connectivity index (χ4v) is 3.61. The minimum absolute atomic E-state index is 0.382. The summed E-state index contributed by atoms with van der Waals surface area (Å²) in [7, 11) is 0. The minimum Gasteiger partial charge on any atom is -0.389 e. The minimum atomic E-state index is -0.474. The SMILES string of the molecule is CCC(CC)(CBr)CN1CCCC(C)(O)C1. The number of likely N-dealkylation sites (tertiary alicyclic amines) is 1. The molecule has 1 rings (SSSR count). The van der Waals surface area contributed by atoms with E-state index >= 15 is 0 Å². The van der Waals surface area contributed by atoms with Gasteiger partial charge in [-0.2, -0.15) is 0 Å². The molecule has 0 radical (unpaired) electrons. The molecular weight excluding hydrogens is 266 g/mol. The second-order valence-corrected chi connectivity index (χ2v) is 6.21. The van der Waals surface area contributed by atoms with Crippen molar-refractivity contribution in [3.8, 4) is 0 Å². The van der Waals surface area contributed by atoms with Gasteiger partial charge in [-0.15, -0.1) is 0 Å². The molecule has 0 aliphatic carbocycles.